The minimum atomic E-state index is -3.64. The van der Waals surface area contributed by atoms with Gasteiger partial charge in [0.05, 0.1) is 6.10 Å². The third-order valence-electron chi connectivity index (χ3n) is 5.86. The Morgan fingerprint density at radius 3 is 2.32 bits per heavy atom. The van der Waals surface area contributed by atoms with Crippen LogP contribution in [-0.4, -0.2) is 11.2 Å². The van der Waals surface area contributed by atoms with Crippen molar-refractivity contribution in [2.45, 2.75) is 52.0 Å². The molecule has 0 heterocycles. The van der Waals surface area contributed by atoms with Gasteiger partial charge in [-0.3, -0.25) is 4.57 Å². The highest BCUT2D eigenvalue weighted by molar-refractivity contribution is 7.67. The molecule has 0 bridgehead atoms. The van der Waals surface area contributed by atoms with E-state index >= 15 is 0 Å². The Balaban J connectivity index is 1.99. The fraction of sp³-hybridized carbons (Fsp3) is 0.478. The van der Waals surface area contributed by atoms with E-state index in [0.717, 1.165) is 19.3 Å². The maximum absolute atomic E-state index is 14.2. The molecule has 2 aromatic carbocycles. The van der Waals surface area contributed by atoms with Crippen molar-refractivity contribution in [1.29, 1.82) is 0 Å². The Labute approximate surface area is 167 Å². The molecule has 0 aromatic heterocycles. The van der Waals surface area contributed by atoms with Gasteiger partial charge < -0.3 is 9.63 Å². The summed E-state index contributed by atoms with van der Waals surface area (Å²) < 4.78 is 33.9. The van der Waals surface area contributed by atoms with Crippen molar-refractivity contribution in [1.82, 2.24) is 0 Å². The summed E-state index contributed by atoms with van der Waals surface area (Å²) in [6, 6.07) is 14.4. The number of hydrogen-bond acceptors (Lipinski definition) is 3. The van der Waals surface area contributed by atoms with E-state index in [4.69, 9.17) is 4.52 Å². The van der Waals surface area contributed by atoms with Crippen molar-refractivity contribution in [3.63, 3.8) is 0 Å². The van der Waals surface area contributed by atoms with Crippen molar-refractivity contribution in [2.24, 2.45) is 17.8 Å². The molecule has 1 saturated carbocycles. The van der Waals surface area contributed by atoms with Gasteiger partial charge in [0, 0.05) is 5.30 Å². The Morgan fingerprint density at radius 2 is 1.71 bits per heavy atom. The summed E-state index contributed by atoms with van der Waals surface area (Å²) in [5, 5.41) is 11.6. The van der Waals surface area contributed by atoms with Crippen LogP contribution < -0.4 is 5.30 Å². The van der Waals surface area contributed by atoms with Gasteiger partial charge in [0.25, 0.3) is 7.37 Å². The average Bonchev–Trinajstić information content (AvgIpc) is 2.68. The molecule has 3 nitrogen and oxygen atoms in total. The van der Waals surface area contributed by atoms with Gasteiger partial charge in [-0.25, -0.2) is 4.39 Å². The van der Waals surface area contributed by atoms with Gasteiger partial charge in [-0.2, -0.15) is 0 Å². The van der Waals surface area contributed by atoms with Crippen LogP contribution in [0, 0.1) is 23.6 Å². The van der Waals surface area contributed by atoms with Crippen molar-refractivity contribution in [3.05, 3.63) is 66.0 Å². The lowest BCUT2D eigenvalue weighted by molar-refractivity contribution is 0.0427. The zero-order valence-electron chi connectivity index (χ0n) is 16.8. The molecule has 1 aliphatic carbocycles. The van der Waals surface area contributed by atoms with Crippen LogP contribution in [0.3, 0.4) is 0 Å². The molecule has 1 fully saturated rings. The Bertz CT molecular complexity index is 806. The number of rotatable bonds is 6. The fourth-order valence-electron chi connectivity index (χ4n) is 4.16. The lowest BCUT2D eigenvalue weighted by Crippen LogP contribution is -2.35. The zero-order chi connectivity index (χ0) is 20.3. The standard InChI is InChI=1S/C23H30FO3P/c1-16(2)21-14-9-17(3)15-22(21)27-28(26,20-7-5-4-6-8-20)23(25)18-10-12-19(24)13-11-18/h4-8,10-13,16-17,21-23,25H,9,14-15H2,1-3H3. The van der Waals surface area contributed by atoms with Crippen LogP contribution in [0.4, 0.5) is 4.39 Å². The summed E-state index contributed by atoms with van der Waals surface area (Å²) in [6.07, 6.45) is 2.82. The second-order valence-corrected chi connectivity index (χ2v) is 10.7. The quantitative estimate of drug-likeness (QED) is 0.610. The van der Waals surface area contributed by atoms with E-state index in [1.54, 1.807) is 24.3 Å². The molecule has 152 valence electrons. The molecule has 0 spiro atoms. The van der Waals surface area contributed by atoms with E-state index in [2.05, 4.69) is 20.8 Å². The van der Waals surface area contributed by atoms with E-state index < -0.39 is 19.0 Å². The summed E-state index contributed by atoms with van der Waals surface area (Å²) in [4.78, 5) is 0. The van der Waals surface area contributed by atoms with Crippen molar-refractivity contribution in [2.75, 3.05) is 0 Å². The predicted molar refractivity (Wildman–Crippen MR) is 111 cm³/mol. The first-order valence-corrected chi connectivity index (χ1v) is 11.8. The monoisotopic (exact) mass is 404 g/mol. The van der Waals surface area contributed by atoms with Crippen LogP contribution >= 0.6 is 7.37 Å². The van der Waals surface area contributed by atoms with Gasteiger partial charge in [-0.05, 0) is 60.4 Å². The molecule has 0 amide bonds. The first-order valence-electron chi connectivity index (χ1n) is 10.1. The third kappa shape index (κ3) is 4.56. The van der Waals surface area contributed by atoms with E-state index in [-0.39, 0.29) is 6.10 Å². The van der Waals surface area contributed by atoms with Gasteiger partial charge in [-0.1, -0.05) is 57.5 Å². The minimum absolute atomic E-state index is 0.176. The first-order chi connectivity index (χ1) is 13.3. The molecule has 0 radical (unpaired) electrons. The fourth-order valence-corrected chi connectivity index (χ4v) is 6.48. The highest BCUT2D eigenvalue weighted by atomic mass is 31.2. The largest absolute Gasteiger partial charge is 0.378 e. The van der Waals surface area contributed by atoms with Crippen LogP contribution in [0.25, 0.3) is 0 Å². The molecule has 5 heteroatoms. The van der Waals surface area contributed by atoms with Crippen molar-refractivity contribution < 1.29 is 18.6 Å². The second-order valence-electron chi connectivity index (χ2n) is 8.33. The van der Waals surface area contributed by atoms with Gasteiger partial charge >= 0.3 is 0 Å². The Kier molecular flexibility index (Phi) is 6.75. The molecule has 5 unspecified atom stereocenters. The Morgan fingerprint density at radius 1 is 1.07 bits per heavy atom. The van der Waals surface area contributed by atoms with Crippen molar-refractivity contribution in [3.8, 4) is 0 Å². The molecule has 3 rings (SSSR count). The number of aliphatic hydroxyl groups excluding tert-OH is 1. The maximum Gasteiger partial charge on any atom is 0.264 e. The zero-order valence-corrected chi connectivity index (χ0v) is 17.7. The van der Waals surface area contributed by atoms with E-state index in [0.29, 0.717) is 28.6 Å². The van der Waals surface area contributed by atoms with Gasteiger partial charge in [0.2, 0.25) is 0 Å². The van der Waals surface area contributed by atoms with E-state index in [9.17, 15) is 14.1 Å². The molecule has 0 saturated heterocycles. The Hall–Kier alpha value is -1.48. The van der Waals surface area contributed by atoms with E-state index in [1.807, 2.05) is 6.07 Å². The highest BCUT2D eigenvalue weighted by Gasteiger charge is 2.42. The van der Waals surface area contributed by atoms with Crippen LogP contribution in [-0.2, 0) is 9.09 Å². The second kappa shape index (κ2) is 8.90. The summed E-state index contributed by atoms with van der Waals surface area (Å²) in [6.45, 7) is 6.53. The number of hydrogen-bond donors (Lipinski definition) is 1. The van der Waals surface area contributed by atoms with Crippen LogP contribution in [0.2, 0.25) is 0 Å². The summed E-state index contributed by atoms with van der Waals surface area (Å²) in [5.41, 5.74) is 0.401. The van der Waals surface area contributed by atoms with Crippen LogP contribution in [0.5, 0.6) is 0 Å². The molecule has 1 aliphatic rings. The molecule has 2 aromatic rings. The van der Waals surface area contributed by atoms with Crippen LogP contribution in [0.15, 0.2) is 54.6 Å². The van der Waals surface area contributed by atoms with E-state index in [1.165, 1.54) is 24.3 Å². The molecular weight excluding hydrogens is 374 g/mol. The molecule has 1 N–H and O–H groups in total. The molecule has 0 aliphatic heterocycles. The summed E-state index contributed by atoms with van der Waals surface area (Å²) in [7, 11) is -3.64. The maximum atomic E-state index is 14.2. The predicted octanol–water partition coefficient (Wildman–Crippen LogP) is 5.90. The number of halogens is 1. The lowest BCUT2D eigenvalue weighted by atomic mass is 9.75. The van der Waals surface area contributed by atoms with Gasteiger partial charge in [0.1, 0.15) is 5.82 Å². The third-order valence-corrected chi connectivity index (χ3v) is 8.40. The highest BCUT2D eigenvalue weighted by Crippen LogP contribution is 2.60. The minimum Gasteiger partial charge on any atom is -0.378 e. The summed E-state index contributed by atoms with van der Waals surface area (Å²) in [5.74, 6) is -0.529. The average molecular weight is 404 g/mol. The molecular formula is C23H30FO3P. The first kappa shape index (κ1) is 21.2. The normalized spacial score (nSPS) is 26.0. The smallest absolute Gasteiger partial charge is 0.264 e. The van der Waals surface area contributed by atoms with Gasteiger partial charge in [-0.15, -0.1) is 0 Å². The molecule has 5 atom stereocenters. The van der Waals surface area contributed by atoms with Crippen molar-refractivity contribution >= 4 is 12.7 Å². The van der Waals surface area contributed by atoms with Crippen LogP contribution in [0.1, 0.15) is 51.4 Å². The number of benzene rings is 2. The topological polar surface area (TPSA) is 46.5 Å². The summed E-state index contributed by atoms with van der Waals surface area (Å²) >= 11 is 0. The number of aliphatic hydroxyl groups is 1. The SMILES string of the molecule is CC1CCC(C(C)C)C(OP(=O)(c2ccccc2)C(O)c2ccc(F)cc2)C1. The lowest BCUT2D eigenvalue weighted by Gasteiger charge is -2.39. The van der Waals surface area contributed by atoms with Gasteiger partial charge in [0.15, 0.2) is 5.85 Å². The molecule has 28 heavy (non-hydrogen) atoms.